The van der Waals surface area contributed by atoms with Crippen molar-refractivity contribution >= 4 is 0 Å². The first-order valence-corrected chi connectivity index (χ1v) is 4.72. The minimum Gasteiger partial charge on any atom is -0.315 e. The molecule has 0 saturated carbocycles. The summed E-state index contributed by atoms with van der Waals surface area (Å²) in [5.74, 6) is 3.47. The maximum Gasteiger partial charge on any atom is 0.0211 e. The summed E-state index contributed by atoms with van der Waals surface area (Å²) in [5, 5.41) is 3.38. The standard InChI is InChI=1S/C11H17N/c1-2-3-9-12-10-11-7-5-4-6-8-11/h1,4-5,11-12H,3,6-10H2. The summed E-state index contributed by atoms with van der Waals surface area (Å²) >= 11 is 0. The maximum atomic E-state index is 5.15. The van der Waals surface area contributed by atoms with Crippen molar-refractivity contribution < 1.29 is 0 Å². The first kappa shape index (κ1) is 9.35. The summed E-state index contributed by atoms with van der Waals surface area (Å²) in [7, 11) is 0. The molecule has 0 aliphatic heterocycles. The van der Waals surface area contributed by atoms with Gasteiger partial charge in [0.2, 0.25) is 0 Å². The van der Waals surface area contributed by atoms with E-state index in [9.17, 15) is 0 Å². The zero-order valence-corrected chi connectivity index (χ0v) is 7.55. The Balaban J connectivity index is 2.00. The Kier molecular flexibility index (Phi) is 4.56. The van der Waals surface area contributed by atoms with Gasteiger partial charge in [-0.2, -0.15) is 0 Å². The van der Waals surface area contributed by atoms with Gasteiger partial charge in [0.25, 0.3) is 0 Å². The fourth-order valence-corrected chi connectivity index (χ4v) is 1.51. The lowest BCUT2D eigenvalue weighted by Crippen LogP contribution is -2.24. The van der Waals surface area contributed by atoms with Crippen molar-refractivity contribution in [2.45, 2.75) is 25.7 Å². The maximum absolute atomic E-state index is 5.15. The molecule has 1 aliphatic rings. The van der Waals surface area contributed by atoms with Crippen LogP contribution in [-0.4, -0.2) is 13.1 Å². The molecule has 0 spiro atoms. The van der Waals surface area contributed by atoms with Crippen LogP contribution in [0.3, 0.4) is 0 Å². The van der Waals surface area contributed by atoms with Crippen molar-refractivity contribution in [3.63, 3.8) is 0 Å². The molecular weight excluding hydrogens is 146 g/mol. The van der Waals surface area contributed by atoms with E-state index >= 15 is 0 Å². The topological polar surface area (TPSA) is 12.0 Å². The molecule has 0 aromatic carbocycles. The monoisotopic (exact) mass is 163 g/mol. The highest BCUT2D eigenvalue weighted by Crippen LogP contribution is 2.16. The first-order valence-electron chi connectivity index (χ1n) is 4.72. The molecule has 0 heterocycles. The first-order chi connectivity index (χ1) is 5.93. The van der Waals surface area contributed by atoms with Crippen molar-refractivity contribution in [2.24, 2.45) is 5.92 Å². The average molecular weight is 163 g/mol. The van der Waals surface area contributed by atoms with Crippen LogP contribution in [0.5, 0.6) is 0 Å². The van der Waals surface area contributed by atoms with Crippen LogP contribution in [0.15, 0.2) is 12.2 Å². The van der Waals surface area contributed by atoms with Crippen LogP contribution in [-0.2, 0) is 0 Å². The van der Waals surface area contributed by atoms with Gasteiger partial charge in [0.1, 0.15) is 0 Å². The third-order valence-electron chi connectivity index (χ3n) is 2.26. The Morgan fingerprint density at radius 2 is 2.42 bits per heavy atom. The largest absolute Gasteiger partial charge is 0.315 e. The van der Waals surface area contributed by atoms with Crippen LogP contribution < -0.4 is 5.32 Å². The van der Waals surface area contributed by atoms with Gasteiger partial charge in [-0.3, -0.25) is 0 Å². The normalized spacial score (nSPS) is 22.1. The zero-order chi connectivity index (χ0) is 8.65. The predicted octanol–water partition coefficient (Wildman–Crippen LogP) is 1.96. The van der Waals surface area contributed by atoms with Gasteiger partial charge >= 0.3 is 0 Å². The van der Waals surface area contributed by atoms with E-state index in [1.807, 2.05) is 0 Å². The second kappa shape index (κ2) is 5.85. The molecule has 0 amide bonds. The molecule has 0 bridgehead atoms. The van der Waals surface area contributed by atoms with Crippen molar-refractivity contribution in [3.8, 4) is 12.3 Å². The van der Waals surface area contributed by atoms with Crippen molar-refractivity contribution in [3.05, 3.63) is 12.2 Å². The van der Waals surface area contributed by atoms with Gasteiger partial charge in [0, 0.05) is 13.0 Å². The molecule has 1 unspecified atom stereocenters. The Hall–Kier alpha value is -0.740. The highest BCUT2D eigenvalue weighted by molar-refractivity contribution is 4.91. The van der Waals surface area contributed by atoms with Crippen LogP contribution in [0, 0.1) is 18.3 Å². The minimum atomic E-state index is 0.841. The molecule has 1 N–H and O–H groups in total. The van der Waals surface area contributed by atoms with Crippen LogP contribution in [0.25, 0.3) is 0 Å². The minimum absolute atomic E-state index is 0.841. The van der Waals surface area contributed by atoms with Gasteiger partial charge in [0.05, 0.1) is 0 Å². The summed E-state index contributed by atoms with van der Waals surface area (Å²) < 4.78 is 0. The van der Waals surface area contributed by atoms with E-state index < -0.39 is 0 Å². The molecule has 0 fully saturated rings. The lowest BCUT2D eigenvalue weighted by Gasteiger charge is -2.17. The van der Waals surface area contributed by atoms with Crippen LogP contribution >= 0.6 is 0 Å². The molecule has 0 aromatic rings. The molecule has 12 heavy (non-hydrogen) atoms. The Labute approximate surface area is 75.2 Å². The van der Waals surface area contributed by atoms with Crippen LogP contribution in [0.2, 0.25) is 0 Å². The number of nitrogens with one attached hydrogen (secondary N) is 1. The van der Waals surface area contributed by atoms with Crippen molar-refractivity contribution in [1.29, 1.82) is 0 Å². The van der Waals surface area contributed by atoms with E-state index in [1.165, 1.54) is 19.3 Å². The van der Waals surface area contributed by atoms with Crippen molar-refractivity contribution in [1.82, 2.24) is 5.32 Å². The SMILES string of the molecule is C#CCCNCC1CC=CCC1. The molecular formula is C11H17N. The predicted molar refractivity (Wildman–Crippen MR) is 52.8 cm³/mol. The summed E-state index contributed by atoms with van der Waals surface area (Å²) in [6.45, 7) is 2.10. The Morgan fingerprint density at radius 3 is 3.08 bits per heavy atom. The van der Waals surface area contributed by atoms with E-state index in [-0.39, 0.29) is 0 Å². The molecule has 0 radical (unpaired) electrons. The van der Waals surface area contributed by atoms with Gasteiger partial charge in [-0.25, -0.2) is 0 Å². The number of hydrogen-bond donors (Lipinski definition) is 1. The Morgan fingerprint density at radius 1 is 1.50 bits per heavy atom. The van der Waals surface area contributed by atoms with Gasteiger partial charge in [0.15, 0.2) is 0 Å². The summed E-state index contributed by atoms with van der Waals surface area (Å²) in [6.07, 6.45) is 14.4. The molecule has 1 nitrogen and oxygen atoms in total. The summed E-state index contributed by atoms with van der Waals surface area (Å²) in [4.78, 5) is 0. The zero-order valence-electron chi connectivity index (χ0n) is 7.55. The Bertz CT molecular complexity index is 176. The third-order valence-corrected chi connectivity index (χ3v) is 2.26. The quantitative estimate of drug-likeness (QED) is 0.379. The third kappa shape index (κ3) is 3.59. The molecule has 0 aromatic heterocycles. The molecule has 66 valence electrons. The number of terminal acetylenes is 1. The highest BCUT2D eigenvalue weighted by Gasteiger charge is 2.07. The second-order valence-corrected chi connectivity index (χ2v) is 3.31. The van der Waals surface area contributed by atoms with E-state index in [0.29, 0.717) is 0 Å². The molecule has 1 atom stereocenters. The number of allylic oxidation sites excluding steroid dienone is 2. The molecule has 1 heteroatoms. The molecule has 1 aliphatic carbocycles. The smallest absolute Gasteiger partial charge is 0.0211 e. The highest BCUT2D eigenvalue weighted by atomic mass is 14.8. The van der Waals surface area contributed by atoms with Gasteiger partial charge < -0.3 is 5.32 Å². The van der Waals surface area contributed by atoms with Gasteiger partial charge in [-0.1, -0.05) is 12.2 Å². The number of hydrogen-bond acceptors (Lipinski definition) is 1. The van der Waals surface area contributed by atoms with Gasteiger partial charge in [-0.05, 0) is 31.7 Å². The van der Waals surface area contributed by atoms with Crippen LogP contribution in [0.4, 0.5) is 0 Å². The summed E-state index contributed by atoms with van der Waals surface area (Å²) in [5.41, 5.74) is 0. The van der Waals surface area contributed by atoms with Crippen LogP contribution in [0.1, 0.15) is 25.7 Å². The lowest BCUT2D eigenvalue weighted by atomic mass is 9.94. The fourth-order valence-electron chi connectivity index (χ4n) is 1.51. The summed E-state index contributed by atoms with van der Waals surface area (Å²) in [6, 6.07) is 0. The fraction of sp³-hybridized carbons (Fsp3) is 0.636. The second-order valence-electron chi connectivity index (χ2n) is 3.31. The van der Waals surface area contributed by atoms with E-state index in [1.54, 1.807) is 0 Å². The average Bonchev–Trinajstić information content (AvgIpc) is 2.14. The lowest BCUT2D eigenvalue weighted by molar-refractivity contribution is 0.444. The van der Waals surface area contributed by atoms with Crippen molar-refractivity contribution in [2.75, 3.05) is 13.1 Å². The van der Waals surface area contributed by atoms with Gasteiger partial charge in [-0.15, -0.1) is 12.3 Å². The van der Waals surface area contributed by atoms with E-state index in [2.05, 4.69) is 23.4 Å². The van der Waals surface area contributed by atoms with E-state index in [0.717, 1.165) is 25.4 Å². The molecule has 0 saturated heterocycles. The molecule has 1 rings (SSSR count). The van der Waals surface area contributed by atoms with E-state index in [4.69, 9.17) is 6.42 Å². The number of rotatable bonds is 4.